The summed E-state index contributed by atoms with van der Waals surface area (Å²) >= 11 is 0. The third-order valence-corrected chi connectivity index (χ3v) is 4.81. The second-order valence-electron chi connectivity index (χ2n) is 6.39. The van der Waals surface area contributed by atoms with Crippen molar-refractivity contribution in [3.63, 3.8) is 0 Å². The van der Waals surface area contributed by atoms with Gasteiger partial charge < -0.3 is 4.90 Å². The summed E-state index contributed by atoms with van der Waals surface area (Å²) < 4.78 is 39.4. The van der Waals surface area contributed by atoms with Gasteiger partial charge in [0.1, 0.15) is 6.54 Å². The Morgan fingerprint density at radius 1 is 1.30 bits per heavy atom. The summed E-state index contributed by atoms with van der Waals surface area (Å²) in [6.45, 7) is 0.525. The number of hydrogen-bond acceptors (Lipinski definition) is 3. The molecule has 8 heteroatoms. The molecule has 2 aliphatic heterocycles. The zero-order chi connectivity index (χ0) is 16.6. The molecule has 0 radical (unpaired) electrons. The fourth-order valence-corrected chi connectivity index (χ4v) is 3.75. The molecule has 0 saturated carbocycles. The number of carbonyl (C=O) groups excluding carboxylic acids is 1. The number of halogens is 3. The minimum Gasteiger partial charge on any atom is -0.332 e. The Balaban J connectivity index is 1.65. The summed E-state index contributed by atoms with van der Waals surface area (Å²) in [5, 5.41) is 4.18. The highest BCUT2D eigenvalue weighted by Crippen LogP contribution is 2.30. The van der Waals surface area contributed by atoms with Crippen molar-refractivity contribution in [1.82, 2.24) is 19.6 Å². The summed E-state index contributed by atoms with van der Waals surface area (Å²) in [6.07, 6.45) is -0.140. The molecule has 2 atom stereocenters. The average Bonchev–Trinajstić information content (AvgIpc) is 3.05. The molecule has 0 spiro atoms. The zero-order valence-electron chi connectivity index (χ0n) is 13.1. The van der Waals surface area contributed by atoms with Crippen LogP contribution in [0.5, 0.6) is 0 Å². The molecule has 3 rings (SSSR count). The van der Waals surface area contributed by atoms with Crippen LogP contribution in [0.2, 0.25) is 0 Å². The number of nitrogens with zero attached hydrogens (tertiary/aromatic N) is 4. The average molecular weight is 330 g/mol. The number of carbonyl (C=O) groups is 1. The standard InChI is InChI=1S/C15H21F3N4O/c1-20-12(4-6-19-20)11-3-2-7-21(9-11)13-5-8-22(14(13)23)10-15(16,17)18/h4,6,11,13H,2-3,5,7-10H2,1H3. The van der Waals surface area contributed by atoms with Gasteiger partial charge in [-0.1, -0.05) is 0 Å². The van der Waals surface area contributed by atoms with E-state index in [1.165, 1.54) is 0 Å². The Labute approximate surface area is 133 Å². The minimum atomic E-state index is -4.33. The van der Waals surface area contributed by atoms with Crippen molar-refractivity contribution in [2.45, 2.75) is 37.4 Å². The number of hydrogen-bond donors (Lipinski definition) is 0. The minimum absolute atomic E-state index is 0.190. The summed E-state index contributed by atoms with van der Waals surface area (Å²) in [4.78, 5) is 15.3. The van der Waals surface area contributed by atoms with E-state index in [9.17, 15) is 18.0 Å². The Morgan fingerprint density at radius 3 is 2.74 bits per heavy atom. The van der Waals surface area contributed by atoms with Crippen LogP contribution in [0.4, 0.5) is 13.2 Å². The van der Waals surface area contributed by atoms with Crippen LogP contribution in [0.25, 0.3) is 0 Å². The molecule has 128 valence electrons. The summed E-state index contributed by atoms with van der Waals surface area (Å²) in [7, 11) is 1.89. The van der Waals surface area contributed by atoms with E-state index in [1.54, 1.807) is 6.20 Å². The normalized spacial score (nSPS) is 27.0. The predicted octanol–water partition coefficient (Wildman–Crippen LogP) is 1.76. The lowest BCUT2D eigenvalue weighted by Crippen LogP contribution is -2.47. The van der Waals surface area contributed by atoms with Crippen LogP contribution in [-0.4, -0.2) is 63.9 Å². The Kier molecular flexibility index (Phi) is 4.35. The molecule has 3 heterocycles. The van der Waals surface area contributed by atoms with Gasteiger partial charge in [0.15, 0.2) is 0 Å². The number of aryl methyl sites for hydroxylation is 1. The van der Waals surface area contributed by atoms with Crippen molar-refractivity contribution < 1.29 is 18.0 Å². The summed E-state index contributed by atoms with van der Waals surface area (Å²) in [5.74, 6) is -0.103. The van der Waals surface area contributed by atoms with Gasteiger partial charge in [0.2, 0.25) is 5.91 Å². The molecule has 0 N–H and O–H groups in total. The highest BCUT2D eigenvalue weighted by atomic mass is 19.4. The maximum Gasteiger partial charge on any atom is 0.406 e. The Hall–Kier alpha value is -1.57. The van der Waals surface area contributed by atoms with E-state index < -0.39 is 18.8 Å². The quantitative estimate of drug-likeness (QED) is 0.848. The maximum atomic E-state index is 12.5. The van der Waals surface area contributed by atoms with E-state index in [0.717, 1.165) is 30.0 Å². The maximum absolute atomic E-state index is 12.5. The predicted molar refractivity (Wildman–Crippen MR) is 77.8 cm³/mol. The molecule has 5 nitrogen and oxygen atoms in total. The molecule has 23 heavy (non-hydrogen) atoms. The third-order valence-electron chi connectivity index (χ3n) is 4.81. The van der Waals surface area contributed by atoms with Gasteiger partial charge in [0.25, 0.3) is 0 Å². The first-order chi connectivity index (χ1) is 10.8. The summed E-state index contributed by atoms with van der Waals surface area (Å²) in [6, 6.07) is 1.56. The lowest BCUT2D eigenvalue weighted by atomic mass is 9.93. The SMILES string of the molecule is Cn1nccc1C1CCCN(C2CCN(CC(F)(F)F)C2=O)C1. The van der Waals surface area contributed by atoms with Crippen LogP contribution in [0.3, 0.4) is 0 Å². The van der Waals surface area contributed by atoms with Crippen molar-refractivity contribution in [2.24, 2.45) is 7.05 Å². The van der Waals surface area contributed by atoms with Crippen molar-refractivity contribution in [2.75, 3.05) is 26.2 Å². The lowest BCUT2D eigenvalue weighted by Gasteiger charge is -2.36. The number of amides is 1. The molecule has 1 aromatic rings. The smallest absolute Gasteiger partial charge is 0.332 e. The molecule has 1 amide bonds. The zero-order valence-corrected chi connectivity index (χ0v) is 13.1. The van der Waals surface area contributed by atoms with E-state index in [1.807, 2.05) is 17.8 Å². The number of likely N-dealkylation sites (tertiary alicyclic amines) is 2. The van der Waals surface area contributed by atoms with Gasteiger partial charge >= 0.3 is 6.18 Å². The number of rotatable bonds is 3. The molecule has 2 fully saturated rings. The molecule has 1 aromatic heterocycles. The molecule has 0 aliphatic carbocycles. The van der Waals surface area contributed by atoms with Crippen LogP contribution in [0, 0.1) is 0 Å². The van der Waals surface area contributed by atoms with Gasteiger partial charge in [-0.2, -0.15) is 18.3 Å². The number of aromatic nitrogens is 2. The Morgan fingerprint density at radius 2 is 2.09 bits per heavy atom. The van der Waals surface area contributed by atoms with Gasteiger partial charge in [-0.25, -0.2) is 0 Å². The van der Waals surface area contributed by atoms with E-state index >= 15 is 0 Å². The topological polar surface area (TPSA) is 41.4 Å². The van der Waals surface area contributed by atoms with Crippen LogP contribution >= 0.6 is 0 Å². The van der Waals surface area contributed by atoms with Crippen molar-refractivity contribution in [3.8, 4) is 0 Å². The molecule has 2 aliphatic rings. The molecule has 0 aromatic carbocycles. The van der Waals surface area contributed by atoms with Crippen LogP contribution in [0.1, 0.15) is 30.9 Å². The molecule has 0 bridgehead atoms. The van der Waals surface area contributed by atoms with Crippen molar-refractivity contribution in [3.05, 3.63) is 18.0 Å². The first-order valence-corrected chi connectivity index (χ1v) is 7.92. The van der Waals surface area contributed by atoms with E-state index in [2.05, 4.69) is 10.00 Å². The second kappa shape index (κ2) is 6.14. The van der Waals surface area contributed by atoms with Gasteiger partial charge in [-0.3, -0.25) is 14.4 Å². The number of alkyl halides is 3. The summed E-state index contributed by atoms with van der Waals surface area (Å²) in [5.41, 5.74) is 1.12. The molecular formula is C15H21F3N4O. The van der Waals surface area contributed by atoms with Crippen molar-refractivity contribution >= 4 is 5.91 Å². The monoisotopic (exact) mass is 330 g/mol. The van der Waals surface area contributed by atoms with Crippen LogP contribution in [-0.2, 0) is 11.8 Å². The van der Waals surface area contributed by atoms with Crippen molar-refractivity contribution in [1.29, 1.82) is 0 Å². The molecule has 2 unspecified atom stereocenters. The van der Waals surface area contributed by atoms with Gasteiger partial charge in [-0.05, 0) is 31.9 Å². The van der Waals surface area contributed by atoms with E-state index in [0.29, 0.717) is 13.0 Å². The second-order valence-corrected chi connectivity index (χ2v) is 6.39. The largest absolute Gasteiger partial charge is 0.406 e. The first kappa shape index (κ1) is 16.3. The van der Waals surface area contributed by atoms with Crippen LogP contribution in [0.15, 0.2) is 12.3 Å². The highest BCUT2D eigenvalue weighted by Gasteiger charge is 2.42. The van der Waals surface area contributed by atoms with Crippen LogP contribution < -0.4 is 0 Å². The fourth-order valence-electron chi connectivity index (χ4n) is 3.75. The first-order valence-electron chi connectivity index (χ1n) is 7.92. The van der Waals surface area contributed by atoms with Gasteiger partial charge in [0, 0.05) is 37.9 Å². The van der Waals surface area contributed by atoms with E-state index in [4.69, 9.17) is 0 Å². The molecular weight excluding hydrogens is 309 g/mol. The lowest BCUT2D eigenvalue weighted by molar-refractivity contribution is -0.159. The third kappa shape index (κ3) is 3.52. The fraction of sp³-hybridized carbons (Fsp3) is 0.733. The Bertz CT molecular complexity index is 571. The van der Waals surface area contributed by atoms with Gasteiger partial charge in [0.05, 0.1) is 6.04 Å². The molecule has 2 saturated heterocycles. The van der Waals surface area contributed by atoms with Gasteiger partial charge in [-0.15, -0.1) is 0 Å². The van der Waals surface area contributed by atoms with E-state index in [-0.39, 0.29) is 18.4 Å². The number of piperidine rings is 1. The highest BCUT2D eigenvalue weighted by molar-refractivity contribution is 5.84.